The molecule has 3 N–H and O–H groups in total. The molecule has 0 amide bonds. The van der Waals surface area contributed by atoms with Crippen molar-refractivity contribution >= 4 is 23.3 Å². The Labute approximate surface area is 103 Å². The molecule has 0 atom stereocenters. The normalized spacial score (nSPS) is 17.3. The van der Waals surface area contributed by atoms with Gasteiger partial charge >= 0.3 is 5.97 Å². The minimum atomic E-state index is -0.897. The summed E-state index contributed by atoms with van der Waals surface area (Å²) >= 11 is 5.92. The topological polar surface area (TPSA) is 61.4 Å². The Morgan fingerprint density at radius 3 is 2.82 bits per heavy atom. The number of carboxylic acid groups (broad SMARTS) is 1. The Morgan fingerprint density at radius 1 is 1.59 bits per heavy atom. The molecule has 0 radical (unpaired) electrons. The Kier molecular flexibility index (Phi) is 3.22. The van der Waals surface area contributed by atoms with Crippen LogP contribution in [0.4, 0.5) is 10.1 Å². The molecular weight excluding hydrogens is 247 g/mol. The first-order valence-electron chi connectivity index (χ1n) is 5.17. The number of aliphatic carboxylic acids is 1. The third-order valence-electron chi connectivity index (χ3n) is 2.74. The molecule has 2 rings (SSSR count). The number of hydrogen-bond acceptors (Lipinski definition) is 3. The van der Waals surface area contributed by atoms with Crippen molar-refractivity contribution in [2.75, 3.05) is 18.4 Å². The maximum Gasteiger partial charge on any atom is 0.305 e. The van der Waals surface area contributed by atoms with E-state index in [9.17, 15) is 9.18 Å². The van der Waals surface area contributed by atoms with E-state index in [4.69, 9.17) is 16.7 Å². The van der Waals surface area contributed by atoms with Gasteiger partial charge in [0, 0.05) is 13.1 Å². The van der Waals surface area contributed by atoms with Gasteiger partial charge in [-0.2, -0.15) is 0 Å². The third-order valence-corrected chi connectivity index (χ3v) is 3.07. The lowest BCUT2D eigenvalue weighted by Crippen LogP contribution is -2.65. The van der Waals surface area contributed by atoms with E-state index >= 15 is 0 Å². The van der Waals surface area contributed by atoms with Crippen molar-refractivity contribution in [3.63, 3.8) is 0 Å². The van der Waals surface area contributed by atoms with Crippen molar-refractivity contribution in [1.82, 2.24) is 5.32 Å². The predicted octanol–water partition coefficient (Wildman–Crippen LogP) is 1.71. The average molecular weight is 259 g/mol. The smallest absolute Gasteiger partial charge is 0.305 e. The largest absolute Gasteiger partial charge is 0.481 e. The van der Waals surface area contributed by atoms with E-state index in [0.717, 1.165) is 0 Å². The van der Waals surface area contributed by atoms with E-state index in [2.05, 4.69) is 10.6 Å². The van der Waals surface area contributed by atoms with Crippen LogP contribution in [0.3, 0.4) is 0 Å². The highest BCUT2D eigenvalue weighted by molar-refractivity contribution is 6.33. The molecule has 1 aromatic carbocycles. The molecule has 1 aromatic rings. The van der Waals surface area contributed by atoms with Crippen LogP contribution in [0.1, 0.15) is 6.42 Å². The van der Waals surface area contributed by atoms with Gasteiger partial charge in [-0.25, -0.2) is 4.39 Å². The molecule has 1 fully saturated rings. The maximum atomic E-state index is 13.1. The quantitative estimate of drug-likeness (QED) is 0.769. The fourth-order valence-electron chi connectivity index (χ4n) is 1.85. The van der Waals surface area contributed by atoms with Gasteiger partial charge in [0.2, 0.25) is 0 Å². The summed E-state index contributed by atoms with van der Waals surface area (Å²) in [5.74, 6) is -1.30. The van der Waals surface area contributed by atoms with Crippen LogP contribution in [0.25, 0.3) is 0 Å². The zero-order valence-corrected chi connectivity index (χ0v) is 9.72. The molecule has 1 saturated heterocycles. The lowest BCUT2D eigenvalue weighted by Gasteiger charge is -2.43. The van der Waals surface area contributed by atoms with Crippen LogP contribution in [0.15, 0.2) is 18.2 Å². The summed E-state index contributed by atoms with van der Waals surface area (Å²) in [6.45, 7) is 1.04. The molecule has 6 heteroatoms. The maximum absolute atomic E-state index is 13.1. The average Bonchev–Trinajstić information content (AvgIpc) is 2.19. The van der Waals surface area contributed by atoms with E-state index in [1.807, 2.05) is 0 Å². The van der Waals surface area contributed by atoms with E-state index in [0.29, 0.717) is 23.8 Å². The van der Waals surface area contributed by atoms with Gasteiger partial charge in [-0.05, 0) is 18.2 Å². The molecule has 1 aliphatic rings. The van der Waals surface area contributed by atoms with Crippen LogP contribution in [0.2, 0.25) is 5.02 Å². The molecule has 17 heavy (non-hydrogen) atoms. The summed E-state index contributed by atoms with van der Waals surface area (Å²) < 4.78 is 13.1. The van der Waals surface area contributed by atoms with Crippen LogP contribution < -0.4 is 10.6 Å². The molecule has 0 spiro atoms. The molecular formula is C11H12ClFN2O2. The Balaban J connectivity index is 2.18. The summed E-state index contributed by atoms with van der Waals surface area (Å²) in [5.41, 5.74) is -0.155. The fourth-order valence-corrected chi connectivity index (χ4v) is 2.02. The second-order valence-electron chi connectivity index (χ2n) is 4.20. The van der Waals surface area contributed by atoms with Crippen molar-refractivity contribution in [2.24, 2.45) is 0 Å². The predicted molar refractivity (Wildman–Crippen MR) is 62.9 cm³/mol. The minimum absolute atomic E-state index is 0.0349. The van der Waals surface area contributed by atoms with E-state index in [1.165, 1.54) is 18.2 Å². The van der Waals surface area contributed by atoms with Gasteiger partial charge in [-0.1, -0.05) is 11.6 Å². The Hall–Kier alpha value is -1.33. The number of rotatable bonds is 4. The standard InChI is InChI=1S/C11H12ClFN2O2/c12-8-2-1-7(13)3-9(8)15-11(4-10(16)17)5-14-6-11/h1-3,14-15H,4-6H2,(H,16,17). The van der Waals surface area contributed by atoms with Gasteiger partial charge in [0.05, 0.1) is 22.7 Å². The van der Waals surface area contributed by atoms with E-state index < -0.39 is 17.3 Å². The van der Waals surface area contributed by atoms with Crippen molar-refractivity contribution in [3.8, 4) is 0 Å². The van der Waals surface area contributed by atoms with Gasteiger partial charge in [0.1, 0.15) is 5.82 Å². The number of carboxylic acids is 1. The van der Waals surface area contributed by atoms with Gasteiger partial charge in [-0.3, -0.25) is 4.79 Å². The molecule has 92 valence electrons. The van der Waals surface area contributed by atoms with Crippen molar-refractivity contribution < 1.29 is 14.3 Å². The zero-order valence-electron chi connectivity index (χ0n) is 8.96. The molecule has 0 bridgehead atoms. The zero-order chi connectivity index (χ0) is 12.5. The first kappa shape index (κ1) is 12.1. The van der Waals surface area contributed by atoms with E-state index in [1.54, 1.807) is 0 Å². The first-order valence-corrected chi connectivity index (χ1v) is 5.54. The molecule has 4 nitrogen and oxygen atoms in total. The molecule has 1 aliphatic heterocycles. The molecule has 0 aromatic heterocycles. The molecule has 0 saturated carbocycles. The summed E-state index contributed by atoms with van der Waals surface area (Å²) in [6.07, 6.45) is -0.0349. The lowest BCUT2D eigenvalue weighted by molar-refractivity contribution is -0.138. The number of benzene rings is 1. The van der Waals surface area contributed by atoms with Crippen LogP contribution in [0, 0.1) is 5.82 Å². The van der Waals surface area contributed by atoms with Gasteiger partial charge in [-0.15, -0.1) is 0 Å². The third kappa shape index (κ3) is 2.68. The number of anilines is 1. The molecule has 0 aliphatic carbocycles. The van der Waals surface area contributed by atoms with Crippen molar-refractivity contribution in [2.45, 2.75) is 12.0 Å². The monoisotopic (exact) mass is 258 g/mol. The molecule has 0 unspecified atom stereocenters. The van der Waals surface area contributed by atoms with Gasteiger partial charge in [0.15, 0.2) is 0 Å². The van der Waals surface area contributed by atoms with Gasteiger partial charge in [0.25, 0.3) is 0 Å². The van der Waals surface area contributed by atoms with Gasteiger partial charge < -0.3 is 15.7 Å². The van der Waals surface area contributed by atoms with Crippen molar-refractivity contribution in [1.29, 1.82) is 0 Å². The first-order chi connectivity index (χ1) is 8.01. The SMILES string of the molecule is O=C(O)CC1(Nc2cc(F)ccc2Cl)CNC1. The Bertz CT molecular complexity index is 449. The Morgan fingerprint density at radius 2 is 2.29 bits per heavy atom. The van der Waals surface area contributed by atoms with Crippen molar-refractivity contribution in [3.05, 3.63) is 29.0 Å². The summed E-state index contributed by atoms with van der Waals surface area (Å²) in [7, 11) is 0. The number of carbonyl (C=O) groups is 1. The number of halogens is 2. The highest BCUT2D eigenvalue weighted by Gasteiger charge is 2.39. The van der Waals surface area contributed by atoms with Crippen LogP contribution in [-0.2, 0) is 4.79 Å². The van der Waals surface area contributed by atoms with Crippen LogP contribution in [0.5, 0.6) is 0 Å². The fraction of sp³-hybridized carbons (Fsp3) is 0.364. The summed E-state index contributed by atoms with van der Waals surface area (Å²) in [6, 6.07) is 3.97. The summed E-state index contributed by atoms with van der Waals surface area (Å²) in [5, 5.41) is 15.2. The van der Waals surface area contributed by atoms with Crippen LogP contribution >= 0.6 is 11.6 Å². The highest BCUT2D eigenvalue weighted by Crippen LogP contribution is 2.29. The number of hydrogen-bond donors (Lipinski definition) is 3. The summed E-state index contributed by atoms with van der Waals surface area (Å²) in [4.78, 5) is 10.8. The molecule has 1 heterocycles. The van der Waals surface area contributed by atoms with E-state index in [-0.39, 0.29) is 6.42 Å². The van der Waals surface area contributed by atoms with Crippen LogP contribution in [-0.4, -0.2) is 29.7 Å². The minimum Gasteiger partial charge on any atom is -0.481 e. The highest BCUT2D eigenvalue weighted by atomic mass is 35.5. The second kappa shape index (κ2) is 4.50. The second-order valence-corrected chi connectivity index (χ2v) is 4.61. The lowest BCUT2D eigenvalue weighted by atomic mass is 9.88. The number of nitrogens with one attached hydrogen (secondary N) is 2.